The van der Waals surface area contributed by atoms with Crippen LogP contribution in [0.15, 0.2) is 52.5 Å². The third-order valence-corrected chi connectivity index (χ3v) is 7.11. The van der Waals surface area contributed by atoms with Crippen molar-refractivity contribution in [3.8, 4) is 5.75 Å². The summed E-state index contributed by atoms with van der Waals surface area (Å²) in [6.07, 6.45) is 3.85. The molecular weight excluding hydrogens is 438 g/mol. The van der Waals surface area contributed by atoms with Gasteiger partial charge in [-0.15, -0.1) is 11.3 Å². The first-order chi connectivity index (χ1) is 16.0. The van der Waals surface area contributed by atoms with Crippen molar-refractivity contribution in [2.24, 2.45) is 5.92 Å². The number of hydrogen-bond acceptors (Lipinski definition) is 6. The molecule has 0 radical (unpaired) electrons. The van der Waals surface area contributed by atoms with Crippen LogP contribution >= 0.6 is 11.3 Å². The van der Waals surface area contributed by atoms with Crippen LogP contribution in [0.1, 0.15) is 44.5 Å². The van der Waals surface area contributed by atoms with Gasteiger partial charge in [-0.25, -0.2) is 4.98 Å². The van der Waals surface area contributed by atoms with E-state index in [0.29, 0.717) is 31.0 Å². The van der Waals surface area contributed by atoms with Gasteiger partial charge in [0, 0.05) is 31.6 Å². The topological polar surface area (TPSA) is 75.9 Å². The molecule has 0 N–H and O–H groups in total. The van der Waals surface area contributed by atoms with Gasteiger partial charge in [-0.2, -0.15) is 0 Å². The lowest BCUT2D eigenvalue weighted by Gasteiger charge is -2.39. The predicted molar refractivity (Wildman–Crippen MR) is 127 cm³/mol. The van der Waals surface area contributed by atoms with E-state index in [1.165, 1.54) is 17.6 Å². The molecule has 2 amide bonds. The highest BCUT2D eigenvalue weighted by Crippen LogP contribution is 2.29. The first-order valence-electron chi connectivity index (χ1n) is 11.1. The highest BCUT2D eigenvalue weighted by atomic mass is 32.1. The Labute approximate surface area is 198 Å². The Morgan fingerprint density at radius 1 is 1.27 bits per heavy atom. The van der Waals surface area contributed by atoms with Gasteiger partial charge >= 0.3 is 0 Å². The summed E-state index contributed by atoms with van der Waals surface area (Å²) in [7, 11) is 3.49. The Kier molecular flexibility index (Phi) is 7.13. The minimum atomic E-state index is -0.135. The maximum Gasteiger partial charge on any atom is 0.289 e. The van der Waals surface area contributed by atoms with Crippen molar-refractivity contribution in [1.82, 2.24) is 14.8 Å². The molecule has 7 nitrogen and oxygen atoms in total. The van der Waals surface area contributed by atoms with E-state index in [-0.39, 0.29) is 23.8 Å². The summed E-state index contributed by atoms with van der Waals surface area (Å²) in [6, 6.07) is 11.3. The number of aryl methyl sites for hydroxylation is 1. The monoisotopic (exact) mass is 467 g/mol. The summed E-state index contributed by atoms with van der Waals surface area (Å²) in [5.74, 6) is 1.23. The minimum Gasteiger partial charge on any atom is -0.497 e. The normalized spacial score (nSPS) is 15.3. The molecule has 0 spiro atoms. The molecule has 8 heteroatoms. The van der Waals surface area contributed by atoms with Crippen molar-refractivity contribution in [3.63, 3.8) is 0 Å². The van der Waals surface area contributed by atoms with Gasteiger partial charge in [-0.3, -0.25) is 9.59 Å². The Bertz CT molecular complexity index is 1090. The van der Waals surface area contributed by atoms with E-state index in [1.54, 1.807) is 24.1 Å². The number of thiazole rings is 1. The molecule has 0 saturated carbocycles. The number of methoxy groups -OCH3 is 1. The summed E-state index contributed by atoms with van der Waals surface area (Å²) in [5, 5.41) is 2.72. The molecule has 3 heterocycles. The number of nitrogens with zero attached hydrogens (tertiary/aromatic N) is 3. The van der Waals surface area contributed by atoms with Crippen molar-refractivity contribution in [3.05, 3.63) is 70.1 Å². The molecular formula is C25H29N3O4S. The van der Waals surface area contributed by atoms with Crippen LogP contribution in [-0.2, 0) is 6.42 Å². The number of ether oxygens (including phenoxy) is 1. The standard InChI is InChI=1S/C25H29N3O4S/c1-17-26-21(16-33-17)24(29)28-11-9-19(10-12-28)22(15-18-6-4-7-20(14-18)31-3)27(2)25(30)23-8-5-13-32-23/h4-8,13-14,16,19,22H,9-12,15H2,1-3H3/t22-/m0/s1. The average Bonchev–Trinajstić information content (AvgIpc) is 3.54. The Morgan fingerprint density at radius 3 is 2.70 bits per heavy atom. The second-order valence-corrected chi connectivity index (χ2v) is 9.46. The van der Waals surface area contributed by atoms with Crippen LogP contribution in [0.25, 0.3) is 0 Å². The number of amides is 2. The summed E-state index contributed by atoms with van der Waals surface area (Å²) >= 11 is 1.49. The number of carbonyl (C=O) groups is 2. The summed E-state index contributed by atoms with van der Waals surface area (Å²) < 4.78 is 10.8. The molecule has 0 unspecified atom stereocenters. The second-order valence-electron chi connectivity index (χ2n) is 8.40. The highest BCUT2D eigenvalue weighted by molar-refractivity contribution is 7.09. The first kappa shape index (κ1) is 23.0. The van der Waals surface area contributed by atoms with Crippen LogP contribution < -0.4 is 4.74 Å². The molecule has 0 bridgehead atoms. The number of carbonyl (C=O) groups excluding carboxylic acids is 2. The number of piperidine rings is 1. The Hall–Kier alpha value is -3.13. The predicted octanol–water partition coefficient (Wildman–Crippen LogP) is 4.29. The fourth-order valence-corrected chi connectivity index (χ4v) is 5.08. The van der Waals surface area contributed by atoms with E-state index >= 15 is 0 Å². The van der Waals surface area contributed by atoms with E-state index in [2.05, 4.69) is 11.1 Å². The maximum atomic E-state index is 13.1. The molecule has 33 heavy (non-hydrogen) atoms. The van der Waals surface area contributed by atoms with Gasteiger partial charge in [0.05, 0.1) is 18.4 Å². The zero-order chi connectivity index (χ0) is 23.4. The van der Waals surface area contributed by atoms with E-state index < -0.39 is 0 Å². The lowest BCUT2D eigenvalue weighted by atomic mass is 9.84. The number of benzene rings is 1. The highest BCUT2D eigenvalue weighted by Gasteiger charge is 2.34. The molecule has 2 aromatic heterocycles. The molecule has 174 valence electrons. The molecule has 3 aromatic rings. The van der Waals surface area contributed by atoms with E-state index in [9.17, 15) is 9.59 Å². The molecule has 1 fully saturated rings. The molecule has 1 saturated heterocycles. The number of hydrogen-bond donors (Lipinski definition) is 0. The largest absolute Gasteiger partial charge is 0.497 e. The lowest BCUT2D eigenvalue weighted by molar-refractivity contribution is 0.0502. The molecule has 1 aliphatic heterocycles. The van der Waals surface area contributed by atoms with Gasteiger partial charge in [0.25, 0.3) is 11.8 Å². The van der Waals surface area contributed by atoms with Crippen molar-refractivity contribution in [2.75, 3.05) is 27.2 Å². The zero-order valence-electron chi connectivity index (χ0n) is 19.2. The Morgan fingerprint density at radius 2 is 2.06 bits per heavy atom. The van der Waals surface area contributed by atoms with E-state index in [1.807, 2.05) is 42.5 Å². The fraction of sp³-hybridized carbons (Fsp3) is 0.400. The minimum absolute atomic E-state index is 0.0119. The van der Waals surface area contributed by atoms with Crippen molar-refractivity contribution in [1.29, 1.82) is 0 Å². The number of furan rings is 1. The third-order valence-electron chi connectivity index (χ3n) is 6.34. The number of rotatable bonds is 7. The molecule has 1 aromatic carbocycles. The number of likely N-dealkylation sites (tertiary alicyclic amines) is 1. The van der Waals surface area contributed by atoms with Crippen LogP contribution in [0.2, 0.25) is 0 Å². The molecule has 1 atom stereocenters. The van der Waals surface area contributed by atoms with Gasteiger partial charge in [-0.1, -0.05) is 12.1 Å². The lowest BCUT2D eigenvalue weighted by Crippen LogP contribution is -2.48. The van der Waals surface area contributed by atoms with Crippen LogP contribution in [0, 0.1) is 12.8 Å². The zero-order valence-corrected chi connectivity index (χ0v) is 20.0. The van der Waals surface area contributed by atoms with Crippen molar-refractivity contribution < 1.29 is 18.7 Å². The fourth-order valence-electron chi connectivity index (χ4n) is 4.50. The average molecular weight is 468 g/mol. The summed E-state index contributed by atoms with van der Waals surface area (Å²) in [4.78, 5) is 33.9. The van der Waals surface area contributed by atoms with Crippen LogP contribution in [-0.4, -0.2) is 59.9 Å². The quantitative estimate of drug-likeness (QED) is 0.518. The summed E-state index contributed by atoms with van der Waals surface area (Å²) in [6.45, 7) is 3.21. The van der Waals surface area contributed by atoms with E-state index in [0.717, 1.165) is 29.2 Å². The third kappa shape index (κ3) is 5.27. The Balaban J connectivity index is 1.50. The SMILES string of the molecule is COc1cccc(C[C@@H](C2CCN(C(=O)c3csc(C)n3)CC2)N(C)C(=O)c2ccco2)c1. The van der Waals surface area contributed by atoms with Crippen molar-refractivity contribution >= 4 is 23.2 Å². The molecule has 1 aliphatic rings. The van der Waals surface area contributed by atoms with Crippen LogP contribution in [0.4, 0.5) is 0 Å². The van der Waals surface area contributed by atoms with Crippen LogP contribution in [0.5, 0.6) is 5.75 Å². The number of likely N-dealkylation sites (N-methyl/N-ethyl adjacent to an activating group) is 1. The summed E-state index contributed by atoms with van der Waals surface area (Å²) in [5.41, 5.74) is 1.63. The second kappa shape index (κ2) is 10.2. The van der Waals surface area contributed by atoms with Gasteiger partial charge in [0.15, 0.2) is 5.76 Å². The van der Waals surface area contributed by atoms with Crippen LogP contribution in [0.3, 0.4) is 0 Å². The number of aromatic nitrogens is 1. The maximum absolute atomic E-state index is 13.1. The van der Waals surface area contributed by atoms with E-state index in [4.69, 9.17) is 9.15 Å². The van der Waals surface area contributed by atoms with Gasteiger partial charge < -0.3 is 19.0 Å². The first-order valence-corrected chi connectivity index (χ1v) is 12.0. The smallest absolute Gasteiger partial charge is 0.289 e. The van der Waals surface area contributed by atoms with Gasteiger partial charge in [-0.05, 0) is 61.9 Å². The van der Waals surface area contributed by atoms with Crippen molar-refractivity contribution in [2.45, 2.75) is 32.2 Å². The molecule has 4 rings (SSSR count). The van der Waals surface area contributed by atoms with Gasteiger partial charge in [0.1, 0.15) is 11.4 Å². The van der Waals surface area contributed by atoms with Gasteiger partial charge in [0.2, 0.25) is 0 Å². The molecule has 0 aliphatic carbocycles.